The SMILES string of the molecule is CNCC1(CN2CCN(C3CC3)CC2)CCOC1. The molecule has 0 spiro atoms. The summed E-state index contributed by atoms with van der Waals surface area (Å²) in [4.78, 5) is 5.34. The summed E-state index contributed by atoms with van der Waals surface area (Å²) in [5.41, 5.74) is 0.372. The number of nitrogens with one attached hydrogen (secondary N) is 1. The van der Waals surface area contributed by atoms with Crippen molar-refractivity contribution in [2.45, 2.75) is 25.3 Å². The van der Waals surface area contributed by atoms with E-state index in [1.54, 1.807) is 0 Å². The molecule has 3 rings (SSSR count). The highest BCUT2D eigenvalue weighted by molar-refractivity contribution is 4.92. The van der Waals surface area contributed by atoms with Gasteiger partial charge in [-0.25, -0.2) is 0 Å². The number of nitrogens with zero attached hydrogens (tertiary/aromatic N) is 2. The molecule has 2 aliphatic heterocycles. The maximum Gasteiger partial charge on any atom is 0.0547 e. The van der Waals surface area contributed by atoms with Crippen LogP contribution in [0, 0.1) is 5.41 Å². The Morgan fingerprint density at radius 2 is 2.00 bits per heavy atom. The summed E-state index contributed by atoms with van der Waals surface area (Å²) in [5, 5.41) is 3.36. The van der Waals surface area contributed by atoms with Crippen molar-refractivity contribution in [3.05, 3.63) is 0 Å². The molecule has 2 saturated heterocycles. The lowest BCUT2D eigenvalue weighted by molar-refractivity contribution is 0.0695. The van der Waals surface area contributed by atoms with E-state index in [9.17, 15) is 0 Å². The van der Waals surface area contributed by atoms with Crippen LogP contribution < -0.4 is 5.32 Å². The first kappa shape index (κ1) is 12.9. The molecule has 0 bridgehead atoms. The summed E-state index contributed by atoms with van der Waals surface area (Å²) in [6.07, 6.45) is 4.10. The number of hydrogen-bond donors (Lipinski definition) is 1. The van der Waals surface area contributed by atoms with Crippen LogP contribution in [-0.2, 0) is 4.74 Å². The van der Waals surface area contributed by atoms with Gasteiger partial charge in [0, 0.05) is 57.3 Å². The molecule has 0 radical (unpaired) electrons. The highest BCUT2D eigenvalue weighted by atomic mass is 16.5. The van der Waals surface area contributed by atoms with Crippen molar-refractivity contribution in [1.82, 2.24) is 15.1 Å². The van der Waals surface area contributed by atoms with E-state index < -0.39 is 0 Å². The quantitative estimate of drug-likeness (QED) is 0.767. The zero-order valence-corrected chi connectivity index (χ0v) is 11.7. The van der Waals surface area contributed by atoms with Gasteiger partial charge < -0.3 is 15.0 Å². The van der Waals surface area contributed by atoms with Crippen LogP contribution in [0.2, 0.25) is 0 Å². The minimum absolute atomic E-state index is 0.372. The standard InChI is InChI=1S/C14H27N3O/c1-15-10-14(4-9-18-12-14)11-16-5-7-17(8-6-16)13-2-3-13/h13,15H,2-12H2,1H3. The molecule has 1 saturated carbocycles. The van der Waals surface area contributed by atoms with Crippen molar-refractivity contribution in [3.63, 3.8) is 0 Å². The van der Waals surface area contributed by atoms with Crippen molar-refractivity contribution in [3.8, 4) is 0 Å². The minimum atomic E-state index is 0.372. The summed E-state index contributed by atoms with van der Waals surface area (Å²) in [7, 11) is 2.06. The van der Waals surface area contributed by atoms with E-state index in [1.807, 2.05) is 0 Å². The van der Waals surface area contributed by atoms with E-state index in [4.69, 9.17) is 4.74 Å². The molecule has 3 aliphatic rings. The van der Waals surface area contributed by atoms with Crippen LogP contribution in [0.3, 0.4) is 0 Å². The van der Waals surface area contributed by atoms with Gasteiger partial charge in [0.2, 0.25) is 0 Å². The van der Waals surface area contributed by atoms with Crippen LogP contribution in [0.15, 0.2) is 0 Å². The molecule has 0 aromatic carbocycles. The molecular weight excluding hydrogens is 226 g/mol. The van der Waals surface area contributed by atoms with E-state index in [-0.39, 0.29) is 0 Å². The topological polar surface area (TPSA) is 27.7 Å². The molecule has 104 valence electrons. The number of hydrogen-bond acceptors (Lipinski definition) is 4. The molecule has 1 unspecified atom stereocenters. The maximum atomic E-state index is 5.65. The normalized spacial score (nSPS) is 35.2. The molecule has 4 heteroatoms. The fourth-order valence-corrected chi connectivity index (χ4v) is 3.55. The summed E-state index contributed by atoms with van der Waals surface area (Å²) >= 11 is 0. The first-order valence-electron chi connectivity index (χ1n) is 7.50. The first-order valence-corrected chi connectivity index (χ1v) is 7.50. The molecule has 18 heavy (non-hydrogen) atoms. The molecule has 1 aliphatic carbocycles. The minimum Gasteiger partial charge on any atom is -0.381 e. The Balaban J connectivity index is 1.49. The van der Waals surface area contributed by atoms with Crippen molar-refractivity contribution < 1.29 is 4.74 Å². The van der Waals surface area contributed by atoms with Crippen LogP contribution in [0.25, 0.3) is 0 Å². The number of piperazine rings is 1. The van der Waals surface area contributed by atoms with E-state index >= 15 is 0 Å². The van der Waals surface area contributed by atoms with Crippen LogP contribution in [0.4, 0.5) is 0 Å². The van der Waals surface area contributed by atoms with Gasteiger partial charge in [-0.2, -0.15) is 0 Å². The highest BCUT2D eigenvalue weighted by Gasteiger charge is 2.38. The smallest absolute Gasteiger partial charge is 0.0547 e. The lowest BCUT2D eigenvalue weighted by atomic mass is 9.86. The van der Waals surface area contributed by atoms with Gasteiger partial charge in [0.1, 0.15) is 0 Å². The van der Waals surface area contributed by atoms with Crippen LogP contribution >= 0.6 is 0 Å². The Kier molecular flexibility index (Phi) is 3.89. The lowest BCUT2D eigenvalue weighted by Gasteiger charge is -2.39. The molecule has 0 amide bonds. The van der Waals surface area contributed by atoms with Crippen molar-refractivity contribution in [1.29, 1.82) is 0 Å². The van der Waals surface area contributed by atoms with Gasteiger partial charge in [-0.3, -0.25) is 4.90 Å². The second-order valence-electron chi connectivity index (χ2n) is 6.38. The number of rotatable bonds is 5. The van der Waals surface area contributed by atoms with Crippen LogP contribution in [-0.4, -0.2) is 75.4 Å². The third-order valence-corrected chi connectivity index (χ3v) is 4.77. The zero-order valence-electron chi connectivity index (χ0n) is 11.7. The van der Waals surface area contributed by atoms with E-state index in [1.165, 1.54) is 52.0 Å². The third kappa shape index (κ3) is 2.87. The molecule has 0 aromatic rings. The average molecular weight is 253 g/mol. The summed E-state index contributed by atoms with van der Waals surface area (Å²) in [6.45, 7) is 9.26. The zero-order chi connectivity index (χ0) is 12.4. The Morgan fingerprint density at radius 3 is 2.56 bits per heavy atom. The third-order valence-electron chi connectivity index (χ3n) is 4.77. The molecule has 3 fully saturated rings. The van der Waals surface area contributed by atoms with Gasteiger partial charge in [0.25, 0.3) is 0 Å². The molecular formula is C14H27N3O. The van der Waals surface area contributed by atoms with Crippen LogP contribution in [0.1, 0.15) is 19.3 Å². The Labute approximate surface area is 111 Å². The molecule has 4 nitrogen and oxygen atoms in total. The summed E-state index contributed by atoms with van der Waals surface area (Å²) in [6, 6.07) is 0.938. The molecule has 0 aromatic heterocycles. The van der Waals surface area contributed by atoms with Gasteiger partial charge in [-0.05, 0) is 26.3 Å². The Hall–Kier alpha value is -0.160. The van der Waals surface area contributed by atoms with Crippen molar-refractivity contribution in [2.24, 2.45) is 5.41 Å². The Bertz CT molecular complexity index is 266. The van der Waals surface area contributed by atoms with Gasteiger partial charge >= 0.3 is 0 Å². The fourth-order valence-electron chi connectivity index (χ4n) is 3.55. The van der Waals surface area contributed by atoms with Gasteiger partial charge in [0.05, 0.1) is 6.61 Å². The van der Waals surface area contributed by atoms with Gasteiger partial charge in [0.15, 0.2) is 0 Å². The first-order chi connectivity index (χ1) is 8.81. The second-order valence-corrected chi connectivity index (χ2v) is 6.38. The Morgan fingerprint density at radius 1 is 1.22 bits per heavy atom. The average Bonchev–Trinajstić information content (AvgIpc) is 3.13. The monoisotopic (exact) mass is 253 g/mol. The fraction of sp³-hybridized carbons (Fsp3) is 1.00. The van der Waals surface area contributed by atoms with Crippen molar-refractivity contribution in [2.75, 3.05) is 59.5 Å². The van der Waals surface area contributed by atoms with Gasteiger partial charge in [-0.15, -0.1) is 0 Å². The van der Waals surface area contributed by atoms with Crippen molar-refractivity contribution >= 4 is 0 Å². The van der Waals surface area contributed by atoms with E-state index in [0.717, 1.165) is 25.8 Å². The van der Waals surface area contributed by atoms with E-state index in [2.05, 4.69) is 22.2 Å². The predicted molar refractivity (Wildman–Crippen MR) is 72.8 cm³/mol. The molecule has 1 atom stereocenters. The molecule has 1 N–H and O–H groups in total. The van der Waals surface area contributed by atoms with Crippen LogP contribution in [0.5, 0.6) is 0 Å². The largest absolute Gasteiger partial charge is 0.381 e. The summed E-state index contributed by atoms with van der Waals surface area (Å²) < 4.78 is 5.65. The highest BCUT2D eigenvalue weighted by Crippen LogP contribution is 2.31. The van der Waals surface area contributed by atoms with Gasteiger partial charge in [-0.1, -0.05) is 0 Å². The number of ether oxygens (including phenoxy) is 1. The lowest BCUT2D eigenvalue weighted by Crippen LogP contribution is -2.52. The molecule has 2 heterocycles. The summed E-state index contributed by atoms with van der Waals surface area (Å²) in [5.74, 6) is 0. The maximum absolute atomic E-state index is 5.65. The van der Waals surface area contributed by atoms with E-state index in [0.29, 0.717) is 5.41 Å². The second kappa shape index (κ2) is 5.45. The predicted octanol–water partition coefficient (Wildman–Crippen LogP) is 0.393.